The van der Waals surface area contributed by atoms with Crippen LogP contribution in [0.3, 0.4) is 0 Å². The number of carbonyl (C=O) groups is 2. The molecule has 6 nitrogen and oxygen atoms in total. The van der Waals surface area contributed by atoms with Crippen LogP contribution in [0.25, 0.3) is 6.08 Å². The number of carboxylic acid groups (broad SMARTS) is 1. The molecule has 1 saturated carbocycles. The number of furan rings is 1. The normalized spacial score (nSPS) is 19.9. The highest BCUT2D eigenvalue weighted by Crippen LogP contribution is 2.47. The average Bonchev–Trinajstić information content (AvgIpc) is 2.98. The topological polar surface area (TPSA) is 92.4 Å². The zero-order chi connectivity index (χ0) is 16.4. The van der Waals surface area contributed by atoms with Crippen LogP contribution in [0.2, 0.25) is 0 Å². The van der Waals surface area contributed by atoms with Gasteiger partial charge in [0.2, 0.25) is 5.91 Å². The monoisotopic (exact) mass is 332 g/mol. The Labute approximate surface area is 136 Å². The number of aromatic nitrogens is 1. The van der Waals surface area contributed by atoms with Crippen LogP contribution < -0.4 is 5.32 Å². The second kappa shape index (κ2) is 6.37. The smallest absolute Gasteiger partial charge is 0.355 e. The molecule has 2 unspecified atom stereocenters. The molecule has 120 valence electrons. The van der Waals surface area contributed by atoms with Crippen molar-refractivity contribution < 1.29 is 19.1 Å². The van der Waals surface area contributed by atoms with E-state index in [2.05, 4.69) is 17.2 Å². The van der Waals surface area contributed by atoms with E-state index in [9.17, 15) is 9.59 Å². The lowest BCUT2D eigenvalue weighted by Crippen LogP contribution is -2.20. The van der Waals surface area contributed by atoms with Crippen molar-refractivity contribution in [3.05, 3.63) is 45.8 Å². The van der Waals surface area contributed by atoms with Gasteiger partial charge in [-0.3, -0.25) is 4.79 Å². The standard InChI is InChI=1S/C16H16N2O4S/c1-9-6-11(9)13-4-2-10(22-13)3-5-14(19)17-7-15-18-12(8-23-15)16(20)21/h2-5,8-9,11H,6-7H2,1H3,(H,17,19)(H,20,21). The highest BCUT2D eigenvalue weighted by Gasteiger charge is 2.36. The van der Waals surface area contributed by atoms with Crippen molar-refractivity contribution in [3.63, 3.8) is 0 Å². The predicted octanol–water partition coefficient (Wildman–Crippen LogP) is 2.89. The first-order valence-corrected chi connectivity index (χ1v) is 8.14. The van der Waals surface area contributed by atoms with E-state index in [0.29, 0.717) is 22.6 Å². The molecule has 0 radical (unpaired) electrons. The fraction of sp³-hybridized carbons (Fsp3) is 0.312. The van der Waals surface area contributed by atoms with Crippen LogP contribution in [0.5, 0.6) is 0 Å². The number of nitrogens with one attached hydrogen (secondary N) is 1. The van der Waals surface area contributed by atoms with Crippen molar-refractivity contribution in [2.45, 2.75) is 25.8 Å². The molecule has 1 aliphatic carbocycles. The molecule has 0 spiro atoms. The summed E-state index contributed by atoms with van der Waals surface area (Å²) in [5.74, 6) is 1.46. The van der Waals surface area contributed by atoms with Crippen LogP contribution in [0.1, 0.15) is 46.3 Å². The maximum atomic E-state index is 11.8. The van der Waals surface area contributed by atoms with Gasteiger partial charge in [-0.1, -0.05) is 6.92 Å². The minimum atomic E-state index is -1.07. The Balaban J connectivity index is 1.50. The van der Waals surface area contributed by atoms with Crippen LogP contribution >= 0.6 is 11.3 Å². The molecule has 1 fully saturated rings. The van der Waals surface area contributed by atoms with Crippen molar-refractivity contribution in [2.24, 2.45) is 5.92 Å². The summed E-state index contributed by atoms with van der Waals surface area (Å²) < 4.78 is 5.68. The largest absolute Gasteiger partial charge is 0.476 e. The van der Waals surface area contributed by atoms with Crippen LogP contribution in [-0.2, 0) is 11.3 Å². The van der Waals surface area contributed by atoms with Crippen LogP contribution in [-0.4, -0.2) is 22.0 Å². The van der Waals surface area contributed by atoms with Gasteiger partial charge in [0, 0.05) is 17.4 Å². The van der Waals surface area contributed by atoms with Gasteiger partial charge in [0.25, 0.3) is 0 Å². The summed E-state index contributed by atoms with van der Waals surface area (Å²) in [6.07, 6.45) is 4.17. The van der Waals surface area contributed by atoms with E-state index >= 15 is 0 Å². The Kier molecular flexibility index (Phi) is 4.29. The molecule has 3 rings (SSSR count). The Bertz CT molecular complexity index is 762. The number of hydrogen-bond donors (Lipinski definition) is 2. The number of carboxylic acids is 1. The van der Waals surface area contributed by atoms with E-state index in [1.54, 1.807) is 6.08 Å². The van der Waals surface area contributed by atoms with Crippen molar-refractivity contribution in [1.29, 1.82) is 0 Å². The van der Waals surface area contributed by atoms with Gasteiger partial charge in [0.15, 0.2) is 5.69 Å². The number of rotatable bonds is 6. The molecule has 0 aliphatic heterocycles. The maximum Gasteiger partial charge on any atom is 0.355 e. The molecule has 0 bridgehead atoms. The van der Waals surface area contributed by atoms with E-state index in [0.717, 1.165) is 12.2 Å². The predicted molar refractivity (Wildman–Crippen MR) is 85.2 cm³/mol. The molecule has 1 aliphatic rings. The lowest BCUT2D eigenvalue weighted by atomic mass is 10.3. The summed E-state index contributed by atoms with van der Waals surface area (Å²) in [7, 11) is 0. The van der Waals surface area contributed by atoms with Gasteiger partial charge < -0.3 is 14.8 Å². The van der Waals surface area contributed by atoms with Gasteiger partial charge in [-0.15, -0.1) is 11.3 Å². The summed E-state index contributed by atoms with van der Waals surface area (Å²) in [5, 5.41) is 13.4. The molecule has 23 heavy (non-hydrogen) atoms. The number of amides is 1. The van der Waals surface area contributed by atoms with Crippen molar-refractivity contribution in [1.82, 2.24) is 10.3 Å². The summed E-state index contributed by atoms with van der Waals surface area (Å²) in [6, 6.07) is 3.80. The third kappa shape index (κ3) is 3.87. The molecule has 2 N–H and O–H groups in total. The van der Waals surface area contributed by atoms with Crippen molar-refractivity contribution in [3.8, 4) is 0 Å². The van der Waals surface area contributed by atoms with Gasteiger partial charge in [-0.25, -0.2) is 9.78 Å². The molecule has 7 heteroatoms. The van der Waals surface area contributed by atoms with Gasteiger partial charge >= 0.3 is 5.97 Å². The summed E-state index contributed by atoms with van der Waals surface area (Å²) in [5.41, 5.74) is -0.00721. The Hall–Kier alpha value is -2.41. The second-order valence-corrected chi connectivity index (χ2v) is 6.49. The first-order chi connectivity index (χ1) is 11.0. The minimum Gasteiger partial charge on any atom is -0.476 e. The zero-order valence-electron chi connectivity index (χ0n) is 12.5. The van der Waals surface area contributed by atoms with E-state index in [4.69, 9.17) is 9.52 Å². The summed E-state index contributed by atoms with van der Waals surface area (Å²) >= 11 is 1.20. The van der Waals surface area contributed by atoms with E-state index < -0.39 is 5.97 Å². The summed E-state index contributed by atoms with van der Waals surface area (Å²) in [4.78, 5) is 26.4. The van der Waals surface area contributed by atoms with Crippen LogP contribution in [0.15, 0.2) is 28.0 Å². The van der Waals surface area contributed by atoms with E-state index in [-0.39, 0.29) is 18.1 Å². The fourth-order valence-corrected chi connectivity index (χ4v) is 2.95. The molecule has 0 aromatic carbocycles. The summed E-state index contributed by atoms with van der Waals surface area (Å²) in [6.45, 7) is 2.38. The molecule has 1 amide bonds. The minimum absolute atomic E-state index is 0.00721. The highest BCUT2D eigenvalue weighted by molar-refractivity contribution is 7.09. The second-order valence-electron chi connectivity index (χ2n) is 5.54. The Morgan fingerprint density at radius 3 is 2.96 bits per heavy atom. The molecular weight excluding hydrogens is 316 g/mol. The molecule has 0 saturated heterocycles. The number of aromatic carboxylic acids is 1. The molecule has 2 aromatic heterocycles. The molecule has 2 atom stereocenters. The zero-order valence-corrected chi connectivity index (χ0v) is 13.3. The number of hydrogen-bond acceptors (Lipinski definition) is 5. The lowest BCUT2D eigenvalue weighted by molar-refractivity contribution is -0.116. The number of thiazole rings is 1. The first kappa shape index (κ1) is 15.5. The first-order valence-electron chi connectivity index (χ1n) is 7.26. The van der Waals surface area contributed by atoms with E-state index in [1.165, 1.54) is 22.8 Å². The van der Waals surface area contributed by atoms with Gasteiger partial charge in [0.1, 0.15) is 16.5 Å². The number of carbonyl (C=O) groups excluding carboxylic acids is 1. The highest BCUT2D eigenvalue weighted by atomic mass is 32.1. The van der Waals surface area contributed by atoms with Crippen molar-refractivity contribution >= 4 is 29.3 Å². The molecule has 2 aromatic rings. The maximum absolute atomic E-state index is 11.8. The Morgan fingerprint density at radius 2 is 2.30 bits per heavy atom. The van der Waals surface area contributed by atoms with Crippen LogP contribution in [0, 0.1) is 5.92 Å². The third-order valence-electron chi connectivity index (χ3n) is 3.71. The lowest BCUT2D eigenvalue weighted by Gasteiger charge is -1.97. The van der Waals surface area contributed by atoms with E-state index in [1.807, 2.05) is 12.1 Å². The number of nitrogens with zero attached hydrogens (tertiary/aromatic N) is 1. The Morgan fingerprint density at radius 1 is 1.52 bits per heavy atom. The fourth-order valence-electron chi connectivity index (χ4n) is 2.25. The van der Waals surface area contributed by atoms with Crippen LogP contribution in [0.4, 0.5) is 0 Å². The van der Waals surface area contributed by atoms with Crippen molar-refractivity contribution in [2.75, 3.05) is 0 Å². The quantitative estimate of drug-likeness (QED) is 0.794. The molecular formula is C16H16N2O4S. The van der Waals surface area contributed by atoms with Gasteiger partial charge in [-0.05, 0) is 30.5 Å². The van der Waals surface area contributed by atoms with Gasteiger partial charge in [-0.2, -0.15) is 0 Å². The SMILES string of the molecule is CC1CC1c1ccc(C=CC(=O)NCc2nc(C(=O)O)cs2)o1. The third-order valence-corrected chi connectivity index (χ3v) is 4.55. The van der Waals surface area contributed by atoms with Gasteiger partial charge in [0.05, 0.1) is 6.54 Å². The average molecular weight is 332 g/mol. The molecule has 2 heterocycles.